The van der Waals surface area contributed by atoms with E-state index in [4.69, 9.17) is 0 Å². The monoisotopic (exact) mass is 575 g/mol. The number of amides is 1. The van der Waals surface area contributed by atoms with Crippen molar-refractivity contribution in [1.82, 2.24) is 9.88 Å². The molecule has 0 saturated heterocycles. The van der Waals surface area contributed by atoms with E-state index < -0.39 is 44.8 Å². The SMILES string of the molecule is CN(C)CCN(C(=O)c1cc(C(F)(F)F)cc(C(F)(F)F)c1)c1nc2c(S(C)(=O)=O)cccc2s1.Cl. The van der Waals surface area contributed by atoms with Crippen molar-refractivity contribution in [3.05, 3.63) is 53.1 Å². The standard InChI is InChI=1S/C21H19F6N3O3S2.ClH/c1-29(2)7-8-30(19-28-17-15(34-19)5-4-6-16(17)35(3,32)33)18(31)12-9-13(20(22,23)24)11-14(10-12)21(25,26)27;/h4-6,9-11H,7-8H2,1-3H3;1H. The molecule has 0 aliphatic carbocycles. The molecule has 0 radical (unpaired) electrons. The number of carbonyl (C=O) groups excluding carboxylic acids is 1. The summed E-state index contributed by atoms with van der Waals surface area (Å²) in [5.74, 6) is -1.14. The number of aromatic nitrogens is 1. The van der Waals surface area contributed by atoms with Crippen molar-refractivity contribution in [2.75, 3.05) is 38.3 Å². The molecule has 0 fully saturated rings. The highest BCUT2D eigenvalue weighted by Gasteiger charge is 2.38. The van der Waals surface area contributed by atoms with Gasteiger partial charge in [-0.2, -0.15) is 26.3 Å². The predicted molar refractivity (Wildman–Crippen MR) is 127 cm³/mol. The molecule has 36 heavy (non-hydrogen) atoms. The van der Waals surface area contributed by atoms with Gasteiger partial charge in [0.2, 0.25) is 0 Å². The number of rotatable bonds is 6. The van der Waals surface area contributed by atoms with Crippen LogP contribution in [0.25, 0.3) is 10.2 Å². The first-order chi connectivity index (χ1) is 16.0. The molecule has 3 aromatic rings. The molecule has 1 heterocycles. The predicted octanol–water partition coefficient (Wildman–Crippen LogP) is 5.37. The van der Waals surface area contributed by atoms with Gasteiger partial charge >= 0.3 is 12.4 Å². The third kappa shape index (κ3) is 6.66. The van der Waals surface area contributed by atoms with Gasteiger partial charge in [-0.25, -0.2) is 13.4 Å². The molecule has 0 N–H and O–H groups in total. The Kier molecular flexibility index (Phi) is 8.71. The Morgan fingerprint density at radius 3 is 2.00 bits per heavy atom. The van der Waals surface area contributed by atoms with Gasteiger partial charge in [0.05, 0.1) is 20.7 Å². The van der Waals surface area contributed by atoms with E-state index in [0.29, 0.717) is 16.8 Å². The van der Waals surface area contributed by atoms with Crippen molar-refractivity contribution in [2.45, 2.75) is 17.2 Å². The summed E-state index contributed by atoms with van der Waals surface area (Å²) in [7, 11) is -0.378. The summed E-state index contributed by atoms with van der Waals surface area (Å²) in [5, 5.41) is -0.0612. The van der Waals surface area contributed by atoms with Crippen LogP contribution in [-0.2, 0) is 22.2 Å². The maximum Gasteiger partial charge on any atom is 0.416 e. The van der Waals surface area contributed by atoms with Crippen molar-refractivity contribution in [3.63, 3.8) is 0 Å². The van der Waals surface area contributed by atoms with Crippen LogP contribution in [0.3, 0.4) is 0 Å². The van der Waals surface area contributed by atoms with Crippen molar-refractivity contribution in [2.24, 2.45) is 0 Å². The van der Waals surface area contributed by atoms with Crippen LogP contribution >= 0.6 is 23.7 Å². The van der Waals surface area contributed by atoms with E-state index in [1.54, 1.807) is 25.1 Å². The molecule has 0 saturated carbocycles. The minimum atomic E-state index is -5.12. The Morgan fingerprint density at radius 2 is 1.53 bits per heavy atom. The highest BCUT2D eigenvalue weighted by molar-refractivity contribution is 7.91. The first-order valence-electron chi connectivity index (χ1n) is 9.84. The van der Waals surface area contributed by atoms with E-state index in [1.807, 2.05) is 0 Å². The van der Waals surface area contributed by atoms with E-state index in [9.17, 15) is 39.6 Å². The highest BCUT2D eigenvalue weighted by Crippen LogP contribution is 2.38. The molecule has 1 amide bonds. The topological polar surface area (TPSA) is 70.6 Å². The number of hydrogen-bond donors (Lipinski definition) is 0. The van der Waals surface area contributed by atoms with Crippen molar-refractivity contribution >= 4 is 54.8 Å². The maximum absolute atomic E-state index is 13.3. The first-order valence-corrected chi connectivity index (χ1v) is 12.5. The minimum Gasteiger partial charge on any atom is -0.308 e. The van der Waals surface area contributed by atoms with E-state index in [-0.39, 0.29) is 47.1 Å². The van der Waals surface area contributed by atoms with Gasteiger partial charge in [0.25, 0.3) is 5.91 Å². The highest BCUT2D eigenvalue weighted by atomic mass is 35.5. The summed E-state index contributed by atoms with van der Waals surface area (Å²) in [6.07, 6.45) is -9.27. The Hall–Kier alpha value is -2.42. The third-order valence-corrected chi connectivity index (χ3v) is 7.02. The van der Waals surface area contributed by atoms with Gasteiger partial charge in [0, 0.05) is 24.9 Å². The third-order valence-electron chi connectivity index (χ3n) is 4.85. The fourth-order valence-corrected chi connectivity index (χ4v) is 5.06. The second kappa shape index (κ2) is 10.5. The fourth-order valence-electron chi connectivity index (χ4n) is 3.14. The summed E-state index contributed by atoms with van der Waals surface area (Å²) in [5.41, 5.74) is -4.01. The van der Waals surface area contributed by atoms with Crippen LogP contribution < -0.4 is 4.90 Å². The number of halogens is 7. The number of likely N-dealkylation sites (N-methyl/N-ethyl adjacent to an activating group) is 1. The molecular weight excluding hydrogens is 556 g/mol. The van der Waals surface area contributed by atoms with Crippen molar-refractivity contribution < 1.29 is 39.6 Å². The molecule has 2 aromatic carbocycles. The van der Waals surface area contributed by atoms with Crippen LogP contribution in [0.2, 0.25) is 0 Å². The quantitative estimate of drug-likeness (QED) is 0.370. The number of thiazole rings is 1. The molecule has 1 aromatic heterocycles. The lowest BCUT2D eigenvalue weighted by Crippen LogP contribution is -2.37. The Labute approximate surface area is 212 Å². The second-order valence-electron chi connectivity index (χ2n) is 7.93. The summed E-state index contributed by atoms with van der Waals surface area (Å²) < 4.78 is 104. The fraction of sp³-hybridized carbons (Fsp3) is 0.333. The summed E-state index contributed by atoms with van der Waals surface area (Å²) in [6.45, 7) is 0.0726. The van der Waals surface area contributed by atoms with E-state index in [0.717, 1.165) is 22.5 Å². The number of nitrogens with zero attached hydrogens (tertiary/aromatic N) is 3. The largest absolute Gasteiger partial charge is 0.416 e. The molecule has 0 aliphatic heterocycles. The molecule has 15 heteroatoms. The molecule has 6 nitrogen and oxygen atoms in total. The van der Waals surface area contributed by atoms with Gasteiger partial charge in [-0.3, -0.25) is 9.69 Å². The number of anilines is 1. The van der Waals surface area contributed by atoms with Crippen LogP contribution in [0.15, 0.2) is 41.3 Å². The lowest BCUT2D eigenvalue weighted by atomic mass is 10.0. The van der Waals surface area contributed by atoms with Crippen LogP contribution in [0.1, 0.15) is 21.5 Å². The van der Waals surface area contributed by atoms with Gasteiger partial charge in [-0.05, 0) is 44.4 Å². The summed E-state index contributed by atoms with van der Waals surface area (Å²) >= 11 is 0.896. The molecule has 0 aliphatic rings. The lowest BCUT2D eigenvalue weighted by Gasteiger charge is -2.23. The number of sulfone groups is 1. The van der Waals surface area contributed by atoms with Gasteiger partial charge < -0.3 is 4.90 Å². The van der Waals surface area contributed by atoms with Crippen molar-refractivity contribution in [3.8, 4) is 0 Å². The zero-order valence-electron chi connectivity index (χ0n) is 18.9. The normalized spacial score (nSPS) is 12.6. The van der Waals surface area contributed by atoms with Gasteiger partial charge in [0.15, 0.2) is 15.0 Å². The molecule has 0 atom stereocenters. The van der Waals surface area contributed by atoms with Crippen molar-refractivity contribution in [1.29, 1.82) is 0 Å². The van der Waals surface area contributed by atoms with Crippen LogP contribution in [0.4, 0.5) is 31.5 Å². The number of para-hydroxylation sites is 1. The molecule has 3 rings (SSSR count). The lowest BCUT2D eigenvalue weighted by molar-refractivity contribution is -0.143. The molecule has 0 unspecified atom stereocenters. The summed E-state index contributed by atoms with van der Waals surface area (Å²) in [6, 6.07) is 4.98. The van der Waals surface area contributed by atoms with Gasteiger partial charge in [-0.1, -0.05) is 17.4 Å². The smallest absolute Gasteiger partial charge is 0.308 e. The zero-order chi connectivity index (χ0) is 26.3. The Balaban J connectivity index is 0.00000456. The Bertz CT molecular complexity index is 1340. The van der Waals surface area contributed by atoms with E-state index in [1.165, 1.54) is 12.1 Å². The van der Waals surface area contributed by atoms with E-state index >= 15 is 0 Å². The average Bonchev–Trinajstić information content (AvgIpc) is 3.15. The Morgan fingerprint density at radius 1 is 0.972 bits per heavy atom. The average molecular weight is 576 g/mol. The number of carbonyl (C=O) groups is 1. The minimum absolute atomic E-state index is 0. The number of fused-ring (bicyclic) bond motifs is 1. The zero-order valence-corrected chi connectivity index (χ0v) is 21.4. The maximum atomic E-state index is 13.3. The molecule has 0 spiro atoms. The number of hydrogen-bond acceptors (Lipinski definition) is 6. The van der Waals surface area contributed by atoms with Gasteiger partial charge in [-0.15, -0.1) is 12.4 Å². The molecular formula is C21H20ClF6N3O3S2. The van der Waals surface area contributed by atoms with Crippen LogP contribution in [0.5, 0.6) is 0 Å². The van der Waals surface area contributed by atoms with Crippen LogP contribution in [-0.4, -0.2) is 57.6 Å². The first kappa shape index (κ1) is 29.8. The number of benzene rings is 2. The second-order valence-corrected chi connectivity index (χ2v) is 10.9. The number of alkyl halides is 6. The van der Waals surface area contributed by atoms with Crippen LogP contribution in [0, 0.1) is 0 Å². The van der Waals surface area contributed by atoms with Gasteiger partial charge in [0.1, 0.15) is 5.52 Å². The molecule has 0 bridgehead atoms. The van der Waals surface area contributed by atoms with E-state index in [2.05, 4.69) is 4.98 Å². The molecule has 198 valence electrons. The summed E-state index contributed by atoms with van der Waals surface area (Å²) in [4.78, 5) is 20.0.